The molecule has 2 heterocycles. The predicted octanol–water partition coefficient (Wildman–Crippen LogP) is 6.74. The zero-order chi connectivity index (χ0) is 24.6. The molecule has 3 aromatic rings. The average Bonchev–Trinajstić information content (AvgIpc) is 3.27. The van der Waals surface area contributed by atoms with Crippen LogP contribution in [0, 0.1) is 17.3 Å². The van der Waals surface area contributed by atoms with Crippen molar-refractivity contribution in [2.45, 2.75) is 19.8 Å². The minimum atomic E-state index is -0.704. The van der Waals surface area contributed by atoms with Crippen LogP contribution in [0.3, 0.4) is 0 Å². The number of carbonyl (C=O) groups is 2. The SMILES string of the molecule is CC1c2c(oc3ccccc23)C=CC1C1=CC=C2C(=O)N(c3ccccc3)C(=O)C3C=CC=C1C23C. The maximum Gasteiger partial charge on any atom is 0.261 e. The van der Waals surface area contributed by atoms with E-state index in [9.17, 15) is 9.59 Å². The first kappa shape index (κ1) is 21.1. The second kappa shape index (κ2) is 7.41. The number of furan rings is 1. The molecule has 0 spiro atoms. The molecule has 3 aliphatic carbocycles. The summed E-state index contributed by atoms with van der Waals surface area (Å²) in [5.41, 5.74) is 4.90. The Morgan fingerprint density at radius 2 is 1.67 bits per heavy atom. The number of hydrogen-bond donors (Lipinski definition) is 0. The zero-order valence-corrected chi connectivity index (χ0v) is 20.1. The summed E-state index contributed by atoms with van der Waals surface area (Å²) in [6.07, 6.45) is 14.4. The van der Waals surface area contributed by atoms with Crippen molar-refractivity contribution in [1.82, 2.24) is 0 Å². The summed E-state index contributed by atoms with van der Waals surface area (Å²) in [6.45, 7) is 4.29. The van der Waals surface area contributed by atoms with Gasteiger partial charge in [0.15, 0.2) is 0 Å². The van der Waals surface area contributed by atoms with Gasteiger partial charge >= 0.3 is 0 Å². The van der Waals surface area contributed by atoms with Crippen LogP contribution in [0.15, 0.2) is 112 Å². The van der Waals surface area contributed by atoms with E-state index in [0.717, 1.165) is 27.9 Å². The molecule has 0 N–H and O–H groups in total. The average molecular weight is 472 g/mol. The summed E-state index contributed by atoms with van der Waals surface area (Å²) in [5.74, 6) is 0.332. The standard InChI is InChI=1S/C32H25NO3/c1-19-21(16-18-28-29(19)23-11-6-7-14-27(23)36-28)22-15-17-26-31(35)33(20-9-4-3-5-10-20)30(34)25-13-8-12-24(22)32(25,26)2/h3-19,21,25H,1-2H3. The van der Waals surface area contributed by atoms with Crippen LogP contribution < -0.4 is 4.90 Å². The number of amides is 2. The number of piperidine rings is 1. The van der Waals surface area contributed by atoms with Crippen molar-refractivity contribution < 1.29 is 14.0 Å². The highest BCUT2D eigenvalue weighted by molar-refractivity contribution is 6.26. The Labute approximate surface area is 209 Å². The van der Waals surface area contributed by atoms with Crippen molar-refractivity contribution in [3.05, 3.63) is 119 Å². The maximum atomic E-state index is 13.8. The molecule has 1 aliphatic heterocycles. The molecule has 4 atom stereocenters. The maximum absolute atomic E-state index is 13.8. The lowest BCUT2D eigenvalue weighted by atomic mass is 9.56. The molecule has 1 aromatic heterocycles. The Bertz CT molecular complexity index is 1610. The van der Waals surface area contributed by atoms with E-state index >= 15 is 0 Å². The Hall–Kier alpha value is -4.18. The molecule has 0 saturated carbocycles. The Balaban J connectivity index is 1.36. The zero-order valence-electron chi connectivity index (χ0n) is 20.1. The van der Waals surface area contributed by atoms with E-state index in [-0.39, 0.29) is 23.7 Å². The normalized spacial score (nSPS) is 28.4. The van der Waals surface area contributed by atoms with Gasteiger partial charge in [-0.1, -0.05) is 86.7 Å². The minimum absolute atomic E-state index is 0.101. The highest BCUT2D eigenvalue weighted by Gasteiger charge is 2.56. The van der Waals surface area contributed by atoms with Gasteiger partial charge in [0.25, 0.3) is 5.91 Å². The second-order valence-electron chi connectivity index (χ2n) is 10.2. The van der Waals surface area contributed by atoms with E-state index < -0.39 is 11.3 Å². The van der Waals surface area contributed by atoms with Crippen LogP contribution in [0.5, 0.6) is 0 Å². The Morgan fingerprint density at radius 1 is 0.889 bits per heavy atom. The van der Waals surface area contributed by atoms with Gasteiger partial charge in [-0.15, -0.1) is 0 Å². The lowest BCUT2D eigenvalue weighted by Crippen LogP contribution is -2.56. The van der Waals surface area contributed by atoms with Gasteiger partial charge in [-0.25, -0.2) is 4.90 Å². The second-order valence-corrected chi connectivity index (χ2v) is 10.2. The van der Waals surface area contributed by atoms with Crippen molar-refractivity contribution in [2.75, 3.05) is 4.90 Å². The minimum Gasteiger partial charge on any atom is -0.456 e. The van der Waals surface area contributed by atoms with Gasteiger partial charge in [0.2, 0.25) is 5.91 Å². The van der Waals surface area contributed by atoms with Crippen molar-refractivity contribution >= 4 is 34.5 Å². The molecule has 2 aromatic carbocycles. The van der Waals surface area contributed by atoms with Crippen LogP contribution in [-0.4, -0.2) is 11.8 Å². The summed E-state index contributed by atoms with van der Waals surface area (Å²) in [7, 11) is 0. The topological polar surface area (TPSA) is 50.5 Å². The van der Waals surface area contributed by atoms with Crippen LogP contribution in [0.4, 0.5) is 5.69 Å². The summed E-state index contributed by atoms with van der Waals surface area (Å²) in [5, 5.41) is 1.14. The largest absolute Gasteiger partial charge is 0.456 e. The third kappa shape index (κ3) is 2.64. The first-order chi connectivity index (χ1) is 17.5. The lowest BCUT2D eigenvalue weighted by molar-refractivity contribution is -0.131. The Morgan fingerprint density at radius 3 is 2.50 bits per heavy atom. The van der Waals surface area contributed by atoms with Crippen LogP contribution in [-0.2, 0) is 9.59 Å². The van der Waals surface area contributed by atoms with E-state index in [4.69, 9.17) is 4.42 Å². The third-order valence-electron chi connectivity index (χ3n) is 8.45. The Kier molecular flexibility index (Phi) is 4.35. The number of anilines is 1. The monoisotopic (exact) mass is 471 g/mol. The molecule has 2 amide bonds. The molecule has 4 nitrogen and oxygen atoms in total. The molecule has 1 saturated heterocycles. The van der Waals surface area contributed by atoms with E-state index in [1.54, 1.807) is 0 Å². The highest BCUT2D eigenvalue weighted by atomic mass is 16.3. The van der Waals surface area contributed by atoms with Gasteiger partial charge in [0.05, 0.1) is 11.6 Å². The van der Waals surface area contributed by atoms with E-state index in [0.29, 0.717) is 11.3 Å². The fourth-order valence-electron chi connectivity index (χ4n) is 6.62. The number of para-hydroxylation sites is 2. The summed E-state index contributed by atoms with van der Waals surface area (Å²) in [4.78, 5) is 28.9. The van der Waals surface area contributed by atoms with Gasteiger partial charge < -0.3 is 4.42 Å². The van der Waals surface area contributed by atoms with Crippen LogP contribution >= 0.6 is 0 Å². The van der Waals surface area contributed by atoms with Crippen molar-refractivity contribution in [3.63, 3.8) is 0 Å². The van der Waals surface area contributed by atoms with Crippen molar-refractivity contribution in [3.8, 4) is 0 Å². The molecule has 4 aliphatic rings. The highest BCUT2D eigenvalue weighted by Crippen LogP contribution is 2.57. The molecule has 7 rings (SSSR count). The van der Waals surface area contributed by atoms with Crippen LogP contribution in [0.2, 0.25) is 0 Å². The van der Waals surface area contributed by atoms with Crippen LogP contribution in [0.25, 0.3) is 17.0 Å². The first-order valence-electron chi connectivity index (χ1n) is 12.4. The van der Waals surface area contributed by atoms with Crippen molar-refractivity contribution in [2.24, 2.45) is 17.3 Å². The smallest absolute Gasteiger partial charge is 0.261 e. The third-order valence-corrected chi connectivity index (χ3v) is 8.45. The molecular formula is C32H25NO3. The molecule has 0 radical (unpaired) electrons. The predicted molar refractivity (Wildman–Crippen MR) is 141 cm³/mol. The fourth-order valence-corrected chi connectivity index (χ4v) is 6.62. The fraction of sp³-hybridized carbons (Fsp3) is 0.188. The first-order valence-corrected chi connectivity index (χ1v) is 12.4. The van der Waals surface area contributed by atoms with Crippen LogP contribution in [0.1, 0.15) is 31.1 Å². The molecule has 0 bridgehead atoms. The lowest BCUT2D eigenvalue weighted by Gasteiger charge is -2.50. The van der Waals surface area contributed by atoms with E-state index in [1.807, 2.05) is 66.8 Å². The van der Waals surface area contributed by atoms with Crippen molar-refractivity contribution in [1.29, 1.82) is 0 Å². The number of hydrogen-bond acceptors (Lipinski definition) is 3. The number of nitrogens with zero attached hydrogens (tertiary/aromatic N) is 1. The molecule has 1 fully saturated rings. The number of fused-ring (bicyclic) bond motifs is 3. The summed E-state index contributed by atoms with van der Waals surface area (Å²) in [6, 6.07) is 17.4. The number of imide groups is 1. The van der Waals surface area contributed by atoms with Gasteiger partial charge in [-0.2, -0.15) is 0 Å². The summed E-state index contributed by atoms with van der Waals surface area (Å²) >= 11 is 0. The molecule has 4 unspecified atom stereocenters. The number of allylic oxidation sites excluding steroid dienone is 7. The molecule has 176 valence electrons. The van der Waals surface area contributed by atoms with Gasteiger partial charge in [-0.05, 0) is 41.3 Å². The van der Waals surface area contributed by atoms with Gasteiger partial charge in [0, 0.05) is 27.9 Å². The van der Waals surface area contributed by atoms with E-state index in [2.05, 4.69) is 44.2 Å². The number of carbonyl (C=O) groups excluding carboxylic acids is 2. The number of rotatable bonds is 2. The molecular weight excluding hydrogens is 446 g/mol. The number of benzene rings is 2. The van der Waals surface area contributed by atoms with Gasteiger partial charge in [0.1, 0.15) is 11.3 Å². The van der Waals surface area contributed by atoms with Gasteiger partial charge in [-0.3, -0.25) is 9.59 Å². The summed E-state index contributed by atoms with van der Waals surface area (Å²) < 4.78 is 6.13. The molecule has 36 heavy (non-hydrogen) atoms. The quantitative estimate of drug-likeness (QED) is 0.389. The molecule has 4 heteroatoms. The van der Waals surface area contributed by atoms with E-state index in [1.165, 1.54) is 10.5 Å².